The van der Waals surface area contributed by atoms with E-state index in [-0.39, 0.29) is 0 Å². The van der Waals surface area contributed by atoms with Crippen molar-refractivity contribution in [1.29, 1.82) is 0 Å². The highest BCUT2D eigenvalue weighted by Crippen LogP contribution is 2.29. The molecule has 0 aliphatic heterocycles. The van der Waals surface area contributed by atoms with E-state index in [4.69, 9.17) is 10.1 Å². The number of unbranched alkanes of at least 4 members (excludes halogenated alkanes) is 2. The SMILES string of the molecule is C=C(c1nccc2nn(Cc3cnc(CCCCC)c(C)c3)cc12)C(C)CCC. The standard InChI is InChI=1S/C25H34N4/c1-6-8-9-11-23-19(4)14-21(15-27-23)16-29-17-22-24(28-29)12-13-26-25(22)20(5)18(3)10-7-2/h12-15,17-18H,5-11,16H2,1-4H3. The van der Waals surface area contributed by atoms with Crippen molar-refractivity contribution < 1.29 is 0 Å². The van der Waals surface area contributed by atoms with Crippen molar-refractivity contribution in [3.05, 3.63) is 59.8 Å². The molecule has 1 atom stereocenters. The van der Waals surface area contributed by atoms with Crippen LogP contribution >= 0.6 is 0 Å². The average molecular weight is 391 g/mol. The molecule has 29 heavy (non-hydrogen) atoms. The number of fused-ring (bicyclic) bond motifs is 1. The molecule has 154 valence electrons. The molecule has 3 aromatic heterocycles. The summed E-state index contributed by atoms with van der Waals surface area (Å²) >= 11 is 0. The molecule has 0 amide bonds. The van der Waals surface area contributed by atoms with Crippen molar-refractivity contribution in [2.24, 2.45) is 5.92 Å². The minimum absolute atomic E-state index is 0.425. The number of rotatable bonds is 10. The van der Waals surface area contributed by atoms with Crippen molar-refractivity contribution in [2.75, 3.05) is 0 Å². The fourth-order valence-corrected chi connectivity index (χ4v) is 3.91. The molecular weight excluding hydrogens is 356 g/mol. The summed E-state index contributed by atoms with van der Waals surface area (Å²) in [6.45, 7) is 13.9. The van der Waals surface area contributed by atoms with Gasteiger partial charge in [-0.05, 0) is 54.9 Å². The summed E-state index contributed by atoms with van der Waals surface area (Å²) in [5.41, 5.74) is 6.74. The van der Waals surface area contributed by atoms with Gasteiger partial charge in [0.15, 0.2) is 0 Å². The van der Waals surface area contributed by atoms with Gasteiger partial charge in [-0.2, -0.15) is 5.10 Å². The van der Waals surface area contributed by atoms with E-state index in [1.54, 1.807) is 0 Å². The number of hydrogen-bond donors (Lipinski definition) is 0. The molecule has 0 saturated carbocycles. The van der Waals surface area contributed by atoms with Gasteiger partial charge in [0.1, 0.15) is 0 Å². The Hall–Kier alpha value is -2.49. The van der Waals surface area contributed by atoms with Crippen molar-refractivity contribution in [2.45, 2.75) is 72.8 Å². The molecule has 0 aliphatic rings. The summed E-state index contributed by atoms with van der Waals surface area (Å²) in [7, 11) is 0. The number of aromatic nitrogens is 4. The normalized spacial score (nSPS) is 12.4. The monoisotopic (exact) mass is 390 g/mol. The van der Waals surface area contributed by atoms with Gasteiger partial charge in [-0.3, -0.25) is 14.6 Å². The molecule has 0 saturated heterocycles. The van der Waals surface area contributed by atoms with E-state index in [1.165, 1.54) is 36.1 Å². The van der Waals surface area contributed by atoms with Crippen LogP contribution < -0.4 is 0 Å². The van der Waals surface area contributed by atoms with Gasteiger partial charge in [0, 0.05) is 29.7 Å². The van der Waals surface area contributed by atoms with Crippen molar-refractivity contribution in [3.8, 4) is 0 Å². The van der Waals surface area contributed by atoms with Gasteiger partial charge in [0.25, 0.3) is 0 Å². The van der Waals surface area contributed by atoms with Crippen LogP contribution in [-0.4, -0.2) is 19.7 Å². The van der Waals surface area contributed by atoms with Gasteiger partial charge in [0.05, 0.1) is 17.8 Å². The summed E-state index contributed by atoms with van der Waals surface area (Å²) in [6, 6.07) is 4.23. The maximum absolute atomic E-state index is 4.78. The molecule has 3 aromatic rings. The van der Waals surface area contributed by atoms with Gasteiger partial charge in [-0.1, -0.05) is 52.7 Å². The zero-order valence-corrected chi connectivity index (χ0v) is 18.4. The second-order valence-corrected chi connectivity index (χ2v) is 8.20. The molecule has 0 radical (unpaired) electrons. The zero-order valence-electron chi connectivity index (χ0n) is 18.4. The lowest BCUT2D eigenvalue weighted by Gasteiger charge is -2.13. The third kappa shape index (κ3) is 5.11. The third-order valence-electron chi connectivity index (χ3n) is 5.71. The molecule has 0 aliphatic carbocycles. The Morgan fingerprint density at radius 3 is 2.72 bits per heavy atom. The fourth-order valence-electron chi connectivity index (χ4n) is 3.91. The number of nitrogens with zero attached hydrogens (tertiary/aromatic N) is 4. The first kappa shape index (κ1) is 21.2. The van der Waals surface area contributed by atoms with Gasteiger partial charge in [-0.25, -0.2) is 0 Å². The summed E-state index contributed by atoms with van der Waals surface area (Å²) < 4.78 is 2.00. The van der Waals surface area contributed by atoms with Crippen LogP contribution in [0.3, 0.4) is 0 Å². The predicted molar refractivity (Wildman–Crippen MR) is 122 cm³/mol. The Kier molecular flexibility index (Phi) is 7.18. The average Bonchev–Trinajstić information content (AvgIpc) is 3.11. The van der Waals surface area contributed by atoms with E-state index in [1.807, 2.05) is 23.1 Å². The van der Waals surface area contributed by atoms with E-state index in [0.29, 0.717) is 12.5 Å². The molecule has 0 aromatic carbocycles. The Bertz CT molecular complexity index is 970. The quantitative estimate of drug-likeness (QED) is 0.378. The molecule has 4 heteroatoms. The van der Waals surface area contributed by atoms with Crippen LogP contribution in [0.1, 0.15) is 75.4 Å². The number of pyridine rings is 2. The van der Waals surface area contributed by atoms with Gasteiger partial charge >= 0.3 is 0 Å². The molecule has 3 rings (SSSR count). The molecular formula is C25H34N4. The summed E-state index contributed by atoms with van der Waals surface area (Å²) in [6.07, 6.45) is 13.0. The summed E-state index contributed by atoms with van der Waals surface area (Å²) in [5, 5.41) is 5.86. The van der Waals surface area contributed by atoms with Crippen molar-refractivity contribution in [3.63, 3.8) is 0 Å². The molecule has 0 N–H and O–H groups in total. The van der Waals surface area contributed by atoms with Gasteiger partial charge in [0.2, 0.25) is 0 Å². The van der Waals surface area contributed by atoms with E-state index in [9.17, 15) is 0 Å². The lowest BCUT2D eigenvalue weighted by molar-refractivity contribution is 0.649. The van der Waals surface area contributed by atoms with Crippen LogP contribution in [0.25, 0.3) is 16.5 Å². The van der Waals surface area contributed by atoms with E-state index in [0.717, 1.165) is 41.4 Å². The minimum Gasteiger partial charge on any atom is -0.267 e. The molecule has 4 nitrogen and oxygen atoms in total. The van der Waals surface area contributed by atoms with Crippen LogP contribution in [0, 0.1) is 12.8 Å². The third-order valence-corrected chi connectivity index (χ3v) is 5.71. The highest BCUT2D eigenvalue weighted by atomic mass is 15.3. The van der Waals surface area contributed by atoms with Crippen LogP contribution in [0.5, 0.6) is 0 Å². The molecule has 0 bridgehead atoms. The largest absolute Gasteiger partial charge is 0.267 e. The first-order chi connectivity index (χ1) is 14.0. The summed E-state index contributed by atoms with van der Waals surface area (Å²) in [5.74, 6) is 0.425. The zero-order chi connectivity index (χ0) is 20.8. The van der Waals surface area contributed by atoms with E-state index < -0.39 is 0 Å². The lowest BCUT2D eigenvalue weighted by atomic mass is 9.93. The fraction of sp³-hybridized carbons (Fsp3) is 0.480. The lowest BCUT2D eigenvalue weighted by Crippen LogP contribution is -2.03. The van der Waals surface area contributed by atoms with E-state index in [2.05, 4.69) is 51.5 Å². The van der Waals surface area contributed by atoms with E-state index >= 15 is 0 Å². The Labute approximate surface area is 175 Å². The topological polar surface area (TPSA) is 43.6 Å². The second kappa shape index (κ2) is 9.82. The highest BCUT2D eigenvalue weighted by molar-refractivity contribution is 5.89. The van der Waals surface area contributed by atoms with Crippen LogP contribution in [0.2, 0.25) is 0 Å². The highest BCUT2D eigenvalue weighted by Gasteiger charge is 2.15. The van der Waals surface area contributed by atoms with Crippen LogP contribution in [-0.2, 0) is 13.0 Å². The summed E-state index contributed by atoms with van der Waals surface area (Å²) in [4.78, 5) is 9.35. The maximum atomic E-state index is 4.78. The Morgan fingerprint density at radius 1 is 1.17 bits per heavy atom. The molecule has 0 fully saturated rings. The first-order valence-electron chi connectivity index (χ1n) is 11.0. The number of allylic oxidation sites excluding steroid dienone is 1. The minimum atomic E-state index is 0.425. The van der Waals surface area contributed by atoms with Crippen LogP contribution in [0.15, 0.2) is 37.3 Å². The number of hydrogen-bond acceptors (Lipinski definition) is 3. The molecule has 1 unspecified atom stereocenters. The molecule has 0 spiro atoms. The van der Waals surface area contributed by atoms with Crippen molar-refractivity contribution >= 4 is 16.5 Å². The van der Waals surface area contributed by atoms with Crippen LogP contribution in [0.4, 0.5) is 0 Å². The smallest absolute Gasteiger partial charge is 0.0960 e. The second-order valence-electron chi connectivity index (χ2n) is 8.20. The van der Waals surface area contributed by atoms with Crippen molar-refractivity contribution in [1.82, 2.24) is 19.7 Å². The van der Waals surface area contributed by atoms with Gasteiger partial charge in [-0.15, -0.1) is 0 Å². The molecule has 3 heterocycles. The predicted octanol–water partition coefficient (Wildman–Crippen LogP) is 6.37. The first-order valence-corrected chi connectivity index (χ1v) is 11.0. The Balaban J connectivity index is 1.80. The number of aryl methyl sites for hydroxylation is 2. The maximum Gasteiger partial charge on any atom is 0.0960 e. The Morgan fingerprint density at radius 2 is 2.00 bits per heavy atom. The van der Waals surface area contributed by atoms with Gasteiger partial charge < -0.3 is 0 Å².